The maximum atomic E-state index is 14.0. The van der Waals surface area contributed by atoms with E-state index in [4.69, 9.17) is 5.11 Å². The monoisotopic (exact) mass is 520 g/mol. The number of nitrogens with one attached hydrogen (secondary N) is 1. The van der Waals surface area contributed by atoms with E-state index in [-0.39, 0.29) is 28.9 Å². The first-order chi connectivity index (χ1) is 18.9. The van der Waals surface area contributed by atoms with Gasteiger partial charge in [-0.15, -0.1) is 0 Å². The van der Waals surface area contributed by atoms with Gasteiger partial charge in [-0.1, -0.05) is 60.7 Å². The van der Waals surface area contributed by atoms with E-state index in [1.165, 1.54) is 0 Å². The Balaban J connectivity index is 1.82. The van der Waals surface area contributed by atoms with Gasteiger partial charge in [-0.3, -0.25) is 19.4 Å². The lowest BCUT2D eigenvalue weighted by atomic mass is 10.0. The third-order valence-electron chi connectivity index (χ3n) is 6.26. The zero-order chi connectivity index (χ0) is 27.4. The molecule has 5 rings (SSSR count). The zero-order valence-corrected chi connectivity index (χ0v) is 20.7. The van der Waals surface area contributed by atoms with Gasteiger partial charge < -0.3 is 20.1 Å². The number of aliphatic carboxylic acids is 1. The van der Waals surface area contributed by atoms with Gasteiger partial charge >= 0.3 is 5.97 Å². The van der Waals surface area contributed by atoms with E-state index in [0.717, 1.165) is 11.1 Å². The molecule has 0 saturated carbocycles. The molecular formula is C30H24N4O5. The minimum atomic E-state index is -1.24. The molecule has 3 heterocycles. The molecule has 0 aliphatic carbocycles. The van der Waals surface area contributed by atoms with Crippen molar-refractivity contribution in [3.63, 3.8) is 0 Å². The minimum absolute atomic E-state index is 0.192. The summed E-state index contributed by atoms with van der Waals surface area (Å²) in [6, 6.07) is 23.9. The first kappa shape index (κ1) is 25.3. The number of pyridine rings is 3. The molecule has 0 atom stereocenters. The lowest BCUT2D eigenvalue weighted by Gasteiger charge is -2.18. The molecule has 3 aromatic heterocycles. The second-order valence-corrected chi connectivity index (χ2v) is 8.95. The molecule has 1 amide bonds. The van der Waals surface area contributed by atoms with Gasteiger partial charge in [0.25, 0.3) is 11.5 Å². The summed E-state index contributed by atoms with van der Waals surface area (Å²) in [4.78, 5) is 46.6. The fraction of sp³-hybridized carbons (Fsp3) is 0.100. The molecule has 0 saturated heterocycles. The largest absolute Gasteiger partial charge is 0.505 e. The molecule has 0 spiro atoms. The summed E-state index contributed by atoms with van der Waals surface area (Å²) >= 11 is 0. The highest BCUT2D eigenvalue weighted by Crippen LogP contribution is 2.35. The van der Waals surface area contributed by atoms with Crippen molar-refractivity contribution in [2.24, 2.45) is 0 Å². The third-order valence-corrected chi connectivity index (χ3v) is 6.26. The second-order valence-electron chi connectivity index (χ2n) is 8.95. The number of benzene rings is 2. The fourth-order valence-corrected chi connectivity index (χ4v) is 4.47. The first-order valence-electron chi connectivity index (χ1n) is 12.2. The fourth-order valence-electron chi connectivity index (χ4n) is 4.47. The van der Waals surface area contributed by atoms with E-state index in [0.29, 0.717) is 23.1 Å². The molecular weight excluding hydrogens is 496 g/mol. The van der Waals surface area contributed by atoms with Gasteiger partial charge in [0.05, 0.1) is 17.8 Å². The van der Waals surface area contributed by atoms with Crippen molar-refractivity contribution in [1.29, 1.82) is 0 Å². The first-order valence-corrected chi connectivity index (χ1v) is 12.2. The maximum absolute atomic E-state index is 14.0. The Kier molecular flexibility index (Phi) is 7.13. The average molecular weight is 521 g/mol. The Morgan fingerprint density at radius 3 is 2.26 bits per heavy atom. The summed E-state index contributed by atoms with van der Waals surface area (Å²) in [6.45, 7) is -0.454. The smallest absolute Gasteiger partial charge is 0.322 e. The van der Waals surface area contributed by atoms with Crippen LogP contribution in [0.2, 0.25) is 0 Å². The summed E-state index contributed by atoms with van der Waals surface area (Å²) in [6.07, 6.45) is 3.43. The standard InChI is InChI=1S/C30H24N4O5/c35-24(36)17-32-29(38)26-28(37)23-15-22(14-19-8-3-1-4-9-19)30(39)34(18-20-10-5-2-6-11-20)27(23)25(33-26)21-12-7-13-31-16-21/h1-13,15-16,37H,14,17-18H2,(H,32,38)(H,35,36). The summed E-state index contributed by atoms with van der Waals surface area (Å²) in [5.74, 6) is -2.54. The number of carboxylic acid groups (broad SMARTS) is 1. The molecule has 194 valence electrons. The Morgan fingerprint density at radius 1 is 0.923 bits per heavy atom. The van der Waals surface area contributed by atoms with Crippen LogP contribution in [-0.2, 0) is 17.8 Å². The Hall–Kier alpha value is -5.31. The SMILES string of the molecule is O=C(O)CNC(=O)c1nc(-c2cccnc2)c2c(cc(Cc3ccccc3)c(=O)n2Cc2ccccc2)c1O. The molecule has 39 heavy (non-hydrogen) atoms. The van der Waals surface area contributed by atoms with Crippen molar-refractivity contribution in [2.75, 3.05) is 6.54 Å². The van der Waals surface area contributed by atoms with Crippen molar-refractivity contribution >= 4 is 22.8 Å². The van der Waals surface area contributed by atoms with Crippen LogP contribution in [0.1, 0.15) is 27.2 Å². The molecule has 2 aromatic carbocycles. The number of carbonyl (C=O) groups is 2. The Morgan fingerprint density at radius 2 is 1.62 bits per heavy atom. The van der Waals surface area contributed by atoms with Crippen LogP contribution in [0.25, 0.3) is 22.2 Å². The van der Waals surface area contributed by atoms with Crippen LogP contribution in [-0.4, -0.2) is 43.2 Å². The number of hydrogen-bond acceptors (Lipinski definition) is 6. The van der Waals surface area contributed by atoms with Crippen molar-refractivity contribution in [1.82, 2.24) is 19.9 Å². The molecule has 0 aliphatic heterocycles. The van der Waals surface area contributed by atoms with Gasteiger partial charge in [0.1, 0.15) is 6.54 Å². The average Bonchev–Trinajstić information content (AvgIpc) is 2.96. The summed E-state index contributed by atoms with van der Waals surface area (Å²) in [5.41, 5.74) is 2.68. The highest BCUT2D eigenvalue weighted by molar-refractivity contribution is 6.05. The van der Waals surface area contributed by atoms with Crippen LogP contribution in [0, 0.1) is 0 Å². The van der Waals surface area contributed by atoms with E-state index in [1.54, 1.807) is 35.2 Å². The molecule has 9 heteroatoms. The van der Waals surface area contributed by atoms with Crippen LogP contribution in [0.4, 0.5) is 0 Å². The molecule has 5 aromatic rings. The lowest BCUT2D eigenvalue weighted by Crippen LogP contribution is -2.30. The van der Waals surface area contributed by atoms with Crippen LogP contribution < -0.4 is 10.9 Å². The molecule has 9 nitrogen and oxygen atoms in total. The number of aromatic hydroxyl groups is 1. The van der Waals surface area contributed by atoms with Crippen molar-refractivity contribution in [3.8, 4) is 17.0 Å². The number of rotatable bonds is 8. The topological polar surface area (TPSA) is 134 Å². The number of carbonyl (C=O) groups excluding carboxylic acids is 1. The molecule has 0 unspecified atom stereocenters. The third kappa shape index (κ3) is 5.37. The van der Waals surface area contributed by atoms with Crippen LogP contribution >= 0.6 is 0 Å². The summed E-state index contributed by atoms with van der Waals surface area (Å²) in [7, 11) is 0. The minimum Gasteiger partial charge on any atom is -0.505 e. The number of aromatic nitrogens is 3. The normalized spacial score (nSPS) is 10.9. The van der Waals surface area contributed by atoms with Gasteiger partial charge in [0, 0.05) is 35.3 Å². The predicted molar refractivity (Wildman–Crippen MR) is 146 cm³/mol. The van der Waals surface area contributed by atoms with Gasteiger partial charge in [-0.05, 0) is 29.3 Å². The Bertz CT molecular complexity index is 1720. The summed E-state index contributed by atoms with van der Waals surface area (Å²) in [5, 5.41) is 22.8. The second kappa shape index (κ2) is 11.0. The van der Waals surface area contributed by atoms with Gasteiger partial charge in [0.15, 0.2) is 11.4 Å². The highest BCUT2D eigenvalue weighted by atomic mass is 16.4. The number of hydrogen-bond donors (Lipinski definition) is 3. The van der Waals surface area contributed by atoms with Crippen molar-refractivity contribution in [2.45, 2.75) is 13.0 Å². The van der Waals surface area contributed by atoms with E-state index >= 15 is 0 Å². The summed E-state index contributed by atoms with van der Waals surface area (Å²) < 4.78 is 1.55. The molecule has 0 fully saturated rings. The van der Waals surface area contributed by atoms with Crippen molar-refractivity contribution < 1.29 is 19.8 Å². The lowest BCUT2D eigenvalue weighted by molar-refractivity contribution is -0.135. The van der Waals surface area contributed by atoms with E-state index in [1.807, 2.05) is 60.7 Å². The van der Waals surface area contributed by atoms with Crippen LogP contribution in [0.5, 0.6) is 5.75 Å². The predicted octanol–water partition coefficient (Wildman–Crippen LogP) is 3.62. The number of nitrogens with zero attached hydrogens (tertiary/aromatic N) is 3. The number of amides is 1. The molecule has 0 radical (unpaired) electrons. The van der Waals surface area contributed by atoms with Gasteiger partial charge in [-0.2, -0.15) is 0 Å². The van der Waals surface area contributed by atoms with E-state index in [9.17, 15) is 19.5 Å². The van der Waals surface area contributed by atoms with Crippen LogP contribution in [0.15, 0.2) is 96.1 Å². The molecule has 0 bridgehead atoms. The maximum Gasteiger partial charge on any atom is 0.322 e. The zero-order valence-electron chi connectivity index (χ0n) is 20.7. The Labute approximate surface area is 223 Å². The highest BCUT2D eigenvalue weighted by Gasteiger charge is 2.24. The molecule has 0 aliphatic rings. The number of fused-ring (bicyclic) bond motifs is 1. The van der Waals surface area contributed by atoms with Crippen molar-refractivity contribution in [3.05, 3.63) is 124 Å². The number of carboxylic acids is 1. The van der Waals surface area contributed by atoms with Crippen LogP contribution in [0.3, 0.4) is 0 Å². The van der Waals surface area contributed by atoms with E-state index in [2.05, 4.69) is 15.3 Å². The van der Waals surface area contributed by atoms with Gasteiger partial charge in [0.2, 0.25) is 0 Å². The quantitative estimate of drug-likeness (QED) is 0.284. The van der Waals surface area contributed by atoms with Gasteiger partial charge in [-0.25, -0.2) is 4.98 Å². The molecule has 3 N–H and O–H groups in total. The van der Waals surface area contributed by atoms with E-state index < -0.39 is 24.2 Å².